The number of rotatable bonds is 7. The van der Waals surface area contributed by atoms with Gasteiger partial charge in [0, 0.05) is 19.2 Å². The van der Waals surface area contributed by atoms with Crippen molar-refractivity contribution in [3.63, 3.8) is 0 Å². The molecule has 0 aliphatic rings. The maximum absolute atomic E-state index is 11.2. The molecule has 6 heteroatoms. The molecule has 80 valence electrons. The van der Waals surface area contributed by atoms with E-state index in [9.17, 15) is 8.42 Å². The third kappa shape index (κ3) is 8.17. The van der Waals surface area contributed by atoms with E-state index in [4.69, 9.17) is 10.5 Å². The van der Waals surface area contributed by atoms with Gasteiger partial charge >= 0.3 is 0 Å². The fraction of sp³-hybridized carbons (Fsp3) is 1.00. The number of hydrogen-bond acceptors (Lipinski definition) is 4. The second-order valence-electron chi connectivity index (χ2n) is 2.84. The quantitative estimate of drug-likeness (QED) is 0.544. The molecule has 0 spiro atoms. The zero-order valence-corrected chi connectivity index (χ0v) is 8.93. The van der Waals surface area contributed by atoms with E-state index in [-0.39, 0.29) is 24.9 Å². The SMILES string of the molecule is CCOCCS(=O)(=O)NCC(C)N. The van der Waals surface area contributed by atoms with E-state index < -0.39 is 10.0 Å². The van der Waals surface area contributed by atoms with Crippen LogP contribution in [0.5, 0.6) is 0 Å². The molecular weight excluding hydrogens is 192 g/mol. The number of sulfonamides is 1. The van der Waals surface area contributed by atoms with Gasteiger partial charge in [-0.25, -0.2) is 13.1 Å². The zero-order chi connectivity index (χ0) is 10.3. The normalized spacial score (nSPS) is 14.4. The summed E-state index contributed by atoms with van der Waals surface area (Å²) in [5.41, 5.74) is 5.40. The summed E-state index contributed by atoms with van der Waals surface area (Å²) in [4.78, 5) is 0. The molecule has 0 heterocycles. The van der Waals surface area contributed by atoms with E-state index >= 15 is 0 Å². The summed E-state index contributed by atoms with van der Waals surface area (Å²) in [5.74, 6) is -0.00639. The number of nitrogens with one attached hydrogen (secondary N) is 1. The van der Waals surface area contributed by atoms with Crippen molar-refractivity contribution in [3.05, 3.63) is 0 Å². The van der Waals surface area contributed by atoms with Gasteiger partial charge in [-0.2, -0.15) is 0 Å². The zero-order valence-electron chi connectivity index (χ0n) is 8.12. The predicted molar refractivity (Wildman–Crippen MR) is 51.9 cm³/mol. The maximum Gasteiger partial charge on any atom is 0.213 e. The van der Waals surface area contributed by atoms with Crippen LogP contribution in [0.15, 0.2) is 0 Å². The molecule has 0 saturated carbocycles. The first kappa shape index (κ1) is 12.8. The first-order valence-corrected chi connectivity index (χ1v) is 5.94. The third-order valence-corrected chi connectivity index (χ3v) is 2.64. The fourth-order valence-electron chi connectivity index (χ4n) is 0.644. The standard InChI is InChI=1S/C7H18N2O3S/c1-3-12-4-5-13(10,11)9-6-7(2)8/h7,9H,3-6,8H2,1-2H3. The van der Waals surface area contributed by atoms with Gasteiger partial charge in [0.05, 0.1) is 12.4 Å². The molecular formula is C7H18N2O3S. The highest BCUT2D eigenvalue weighted by Gasteiger charge is 2.09. The summed E-state index contributed by atoms with van der Waals surface area (Å²) >= 11 is 0. The van der Waals surface area contributed by atoms with E-state index in [1.54, 1.807) is 6.92 Å². The molecule has 1 unspecified atom stereocenters. The van der Waals surface area contributed by atoms with Gasteiger partial charge in [0.1, 0.15) is 0 Å². The number of hydrogen-bond donors (Lipinski definition) is 2. The summed E-state index contributed by atoms with van der Waals surface area (Å²) in [6, 6.07) is -0.165. The molecule has 3 N–H and O–H groups in total. The van der Waals surface area contributed by atoms with Crippen molar-refractivity contribution in [3.8, 4) is 0 Å². The van der Waals surface area contributed by atoms with Crippen LogP contribution in [0.1, 0.15) is 13.8 Å². The van der Waals surface area contributed by atoms with E-state index in [2.05, 4.69) is 4.72 Å². The van der Waals surface area contributed by atoms with Crippen molar-refractivity contribution in [2.45, 2.75) is 19.9 Å². The first-order chi connectivity index (χ1) is 5.98. The molecule has 0 amide bonds. The van der Waals surface area contributed by atoms with Crippen LogP contribution < -0.4 is 10.5 Å². The summed E-state index contributed by atoms with van der Waals surface area (Å²) in [6.07, 6.45) is 0. The van der Waals surface area contributed by atoms with E-state index in [0.29, 0.717) is 6.61 Å². The number of ether oxygens (including phenoxy) is 1. The van der Waals surface area contributed by atoms with Gasteiger partial charge in [0.25, 0.3) is 0 Å². The molecule has 0 aliphatic carbocycles. The number of nitrogens with two attached hydrogens (primary N) is 1. The Morgan fingerprint density at radius 3 is 2.62 bits per heavy atom. The Morgan fingerprint density at radius 2 is 2.15 bits per heavy atom. The second kappa shape index (κ2) is 6.31. The van der Waals surface area contributed by atoms with Crippen LogP contribution >= 0.6 is 0 Å². The van der Waals surface area contributed by atoms with Gasteiger partial charge < -0.3 is 10.5 Å². The lowest BCUT2D eigenvalue weighted by atomic mass is 10.4. The van der Waals surface area contributed by atoms with Gasteiger partial charge in [-0.1, -0.05) is 0 Å². The average molecular weight is 210 g/mol. The molecule has 5 nitrogen and oxygen atoms in total. The molecule has 0 rings (SSSR count). The molecule has 0 aromatic heterocycles. The lowest BCUT2D eigenvalue weighted by Gasteiger charge is -2.08. The summed E-state index contributed by atoms with van der Waals surface area (Å²) < 4.78 is 29.6. The van der Waals surface area contributed by atoms with Gasteiger partial charge in [-0.15, -0.1) is 0 Å². The van der Waals surface area contributed by atoms with Crippen molar-refractivity contribution in [1.29, 1.82) is 0 Å². The largest absolute Gasteiger partial charge is 0.381 e. The summed E-state index contributed by atoms with van der Waals surface area (Å²) in [5, 5.41) is 0. The highest BCUT2D eigenvalue weighted by Crippen LogP contribution is 1.86. The molecule has 1 atom stereocenters. The van der Waals surface area contributed by atoms with Gasteiger partial charge in [-0.05, 0) is 13.8 Å². The van der Waals surface area contributed by atoms with Crippen LogP contribution in [0.3, 0.4) is 0 Å². The lowest BCUT2D eigenvalue weighted by Crippen LogP contribution is -2.37. The minimum Gasteiger partial charge on any atom is -0.381 e. The van der Waals surface area contributed by atoms with Gasteiger partial charge in [0.2, 0.25) is 10.0 Å². The van der Waals surface area contributed by atoms with E-state index in [1.165, 1.54) is 0 Å². The van der Waals surface area contributed by atoms with Crippen LogP contribution in [0.4, 0.5) is 0 Å². The Hall–Kier alpha value is -0.170. The molecule has 0 fully saturated rings. The van der Waals surface area contributed by atoms with Crippen molar-refractivity contribution in [2.24, 2.45) is 5.73 Å². The minimum atomic E-state index is -3.20. The van der Waals surface area contributed by atoms with Crippen molar-refractivity contribution >= 4 is 10.0 Å². The first-order valence-electron chi connectivity index (χ1n) is 4.28. The van der Waals surface area contributed by atoms with Crippen molar-refractivity contribution in [1.82, 2.24) is 4.72 Å². The maximum atomic E-state index is 11.2. The Labute approximate surface area is 79.7 Å². The van der Waals surface area contributed by atoms with Gasteiger partial charge in [0.15, 0.2) is 0 Å². The molecule has 0 aromatic carbocycles. The van der Waals surface area contributed by atoms with Crippen LogP contribution in [-0.2, 0) is 14.8 Å². The summed E-state index contributed by atoms with van der Waals surface area (Å²) in [7, 11) is -3.20. The second-order valence-corrected chi connectivity index (χ2v) is 4.77. The molecule has 0 radical (unpaired) electrons. The topological polar surface area (TPSA) is 81.4 Å². The summed E-state index contributed by atoms with van der Waals surface area (Å²) in [6.45, 7) is 4.59. The minimum absolute atomic E-state index is 0.00639. The van der Waals surface area contributed by atoms with Crippen LogP contribution in [0.2, 0.25) is 0 Å². The molecule has 0 saturated heterocycles. The van der Waals surface area contributed by atoms with Crippen LogP contribution in [0, 0.1) is 0 Å². The Kier molecular flexibility index (Phi) is 6.23. The van der Waals surface area contributed by atoms with Crippen LogP contribution in [0.25, 0.3) is 0 Å². The Bertz CT molecular complexity index is 214. The average Bonchev–Trinajstić information content (AvgIpc) is 2.02. The van der Waals surface area contributed by atoms with E-state index in [1.807, 2.05) is 6.92 Å². The van der Waals surface area contributed by atoms with E-state index in [0.717, 1.165) is 0 Å². The third-order valence-electron chi connectivity index (χ3n) is 1.33. The molecule has 0 aliphatic heterocycles. The Morgan fingerprint density at radius 1 is 1.54 bits per heavy atom. The molecule has 0 aromatic rings. The predicted octanol–water partition coefficient (Wildman–Crippen LogP) is -0.710. The van der Waals surface area contributed by atoms with Gasteiger partial charge in [-0.3, -0.25) is 0 Å². The Balaban J connectivity index is 3.68. The molecule has 13 heavy (non-hydrogen) atoms. The monoisotopic (exact) mass is 210 g/mol. The molecule has 0 bridgehead atoms. The van der Waals surface area contributed by atoms with Crippen LogP contribution in [-0.4, -0.2) is 40.0 Å². The smallest absolute Gasteiger partial charge is 0.213 e. The highest BCUT2D eigenvalue weighted by atomic mass is 32.2. The fourth-order valence-corrected chi connectivity index (χ4v) is 1.64. The van der Waals surface area contributed by atoms with Crippen molar-refractivity contribution in [2.75, 3.05) is 25.5 Å². The highest BCUT2D eigenvalue weighted by molar-refractivity contribution is 7.89. The lowest BCUT2D eigenvalue weighted by molar-refractivity contribution is 0.163. The van der Waals surface area contributed by atoms with Crippen molar-refractivity contribution < 1.29 is 13.2 Å².